The molecule has 0 fully saturated rings. The second-order valence-electron chi connectivity index (χ2n) is 5.68. The van der Waals surface area contributed by atoms with Crippen LogP contribution in [0.25, 0.3) is 0 Å². The van der Waals surface area contributed by atoms with Crippen LogP contribution in [0.1, 0.15) is 36.3 Å². The van der Waals surface area contributed by atoms with Gasteiger partial charge in [0.1, 0.15) is 5.69 Å². The van der Waals surface area contributed by atoms with Crippen molar-refractivity contribution in [2.45, 2.75) is 32.4 Å². The highest BCUT2D eigenvalue weighted by atomic mass is 35.5. The molecule has 8 heteroatoms. The lowest BCUT2D eigenvalue weighted by Crippen LogP contribution is -2.41. The molecule has 1 aromatic heterocycles. The lowest BCUT2D eigenvalue weighted by molar-refractivity contribution is 0.0910. The van der Waals surface area contributed by atoms with Crippen LogP contribution in [0, 0.1) is 0 Å². The number of nitrogens with one attached hydrogen (secondary N) is 1. The molecule has 0 unspecified atom stereocenters. The van der Waals surface area contributed by atoms with Gasteiger partial charge in [0.15, 0.2) is 0 Å². The Bertz CT molecular complexity index is 680. The van der Waals surface area contributed by atoms with Crippen LogP contribution in [0.3, 0.4) is 0 Å². The quantitative estimate of drug-likeness (QED) is 0.833. The average Bonchev–Trinajstić information content (AvgIpc) is 2.93. The van der Waals surface area contributed by atoms with Crippen LogP contribution in [0.5, 0.6) is 0 Å². The predicted octanol–water partition coefficient (Wildman–Crippen LogP) is 2.63. The van der Waals surface area contributed by atoms with Crippen molar-refractivity contribution in [2.75, 3.05) is 6.61 Å². The topological polar surface area (TPSA) is 80.0 Å². The number of aliphatic hydroxyl groups excluding tert-OH is 1. The van der Waals surface area contributed by atoms with Gasteiger partial charge in [-0.1, -0.05) is 28.4 Å². The van der Waals surface area contributed by atoms with Gasteiger partial charge in [0.2, 0.25) is 0 Å². The van der Waals surface area contributed by atoms with Gasteiger partial charge in [0, 0.05) is 28.8 Å². The van der Waals surface area contributed by atoms with Crippen molar-refractivity contribution < 1.29 is 9.90 Å². The largest absolute Gasteiger partial charge is 0.396 e. The molecule has 0 atom stereocenters. The van der Waals surface area contributed by atoms with Gasteiger partial charge in [-0.2, -0.15) is 0 Å². The molecule has 0 aliphatic heterocycles. The lowest BCUT2D eigenvalue weighted by atomic mass is 10.0. The molecule has 0 saturated carbocycles. The van der Waals surface area contributed by atoms with Crippen molar-refractivity contribution in [3.8, 4) is 0 Å². The number of carbonyl (C=O) groups excluding carboxylic acids is 1. The van der Waals surface area contributed by atoms with Crippen LogP contribution in [0.2, 0.25) is 10.0 Å². The molecule has 1 aromatic carbocycles. The Morgan fingerprint density at radius 2 is 1.96 bits per heavy atom. The highest BCUT2D eigenvalue weighted by Crippen LogP contribution is 2.22. The fraction of sp³-hybridized carbons (Fsp3) is 0.400. The smallest absolute Gasteiger partial charge is 0.252 e. The number of rotatable bonds is 6. The Morgan fingerprint density at radius 3 is 2.57 bits per heavy atom. The molecule has 0 bridgehead atoms. The molecular weight excluding hydrogens is 339 g/mol. The second-order valence-corrected chi connectivity index (χ2v) is 6.55. The first kappa shape index (κ1) is 17.7. The molecule has 1 amide bonds. The number of carbonyl (C=O) groups is 1. The van der Waals surface area contributed by atoms with Gasteiger partial charge >= 0.3 is 0 Å². The number of hydrogen-bond acceptors (Lipinski definition) is 4. The summed E-state index contributed by atoms with van der Waals surface area (Å²) in [5.41, 5.74) is 0.281. The summed E-state index contributed by atoms with van der Waals surface area (Å²) in [7, 11) is 0. The van der Waals surface area contributed by atoms with Gasteiger partial charge in [-0.25, -0.2) is 0 Å². The first-order chi connectivity index (χ1) is 10.8. The molecule has 6 nitrogen and oxygen atoms in total. The van der Waals surface area contributed by atoms with E-state index in [0.29, 0.717) is 34.3 Å². The summed E-state index contributed by atoms with van der Waals surface area (Å²) in [4.78, 5) is 12.4. The maximum atomic E-state index is 12.4. The molecule has 2 rings (SSSR count). The van der Waals surface area contributed by atoms with Crippen molar-refractivity contribution in [2.24, 2.45) is 0 Å². The summed E-state index contributed by atoms with van der Waals surface area (Å²) in [5, 5.41) is 20.6. The molecule has 0 aliphatic carbocycles. The zero-order valence-corrected chi connectivity index (χ0v) is 14.4. The van der Waals surface area contributed by atoms with E-state index in [-0.39, 0.29) is 12.5 Å². The summed E-state index contributed by atoms with van der Waals surface area (Å²) < 4.78 is 1.63. The zero-order chi connectivity index (χ0) is 17.0. The van der Waals surface area contributed by atoms with E-state index in [0.717, 1.165) is 0 Å². The number of halogens is 2. The third-order valence-electron chi connectivity index (χ3n) is 3.28. The molecular formula is C15H18Cl2N4O2. The van der Waals surface area contributed by atoms with Gasteiger partial charge in [-0.3, -0.25) is 9.48 Å². The highest BCUT2D eigenvalue weighted by molar-refractivity contribution is 6.35. The van der Waals surface area contributed by atoms with E-state index in [4.69, 9.17) is 28.3 Å². The average molecular weight is 357 g/mol. The Kier molecular flexibility index (Phi) is 5.62. The summed E-state index contributed by atoms with van der Waals surface area (Å²) >= 11 is 11.8. The number of aryl methyl sites for hydroxylation is 1. The number of hydrogen-bond donors (Lipinski definition) is 2. The molecule has 23 heavy (non-hydrogen) atoms. The minimum atomic E-state index is -0.719. The molecule has 0 radical (unpaired) electrons. The van der Waals surface area contributed by atoms with E-state index in [9.17, 15) is 4.79 Å². The maximum Gasteiger partial charge on any atom is 0.252 e. The first-order valence-electron chi connectivity index (χ1n) is 7.12. The minimum Gasteiger partial charge on any atom is -0.396 e. The summed E-state index contributed by atoms with van der Waals surface area (Å²) in [6, 6.07) is 4.67. The van der Waals surface area contributed by atoms with E-state index in [1.165, 1.54) is 0 Å². The van der Waals surface area contributed by atoms with Crippen molar-refractivity contribution in [1.29, 1.82) is 0 Å². The van der Waals surface area contributed by atoms with Crippen molar-refractivity contribution >= 4 is 29.1 Å². The number of aliphatic hydroxyl groups is 1. The van der Waals surface area contributed by atoms with E-state index < -0.39 is 5.54 Å². The molecule has 2 aromatic rings. The normalized spacial score (nSPS) is 11.5. The van der Waals surface area contributed by atoms with E-state index in [1.807, 2.05) is 13.8 Å². The second kappa shape index (κ2) is 7.29. The number of nitrogens with zero attached hydrogens (tertiary/aromatic N) is 3. The SMILES string of the molecule is CC(C)(NC(=O)c1cc(Cl)cc(Cl)c1)c1cn(CCCO)nn1. The minimum absolute atomic E-state index is 0.0881. The van der Waals surface area contributed by atoms with E-state index in [1.54, 1.807) is 29.1 Å². The third-order valence-corrected chi connectivity index (χ3v) is 3.71. The molecule has 1 heterocycles. The summed E-state index contributed by atoms with van der Waals surface area (Å²) in [6.45, 7) is 4.32. The first-order valence-corrected chi connectivity index (χ1v) is 7.87. The van der Waals surface area contributed by atoms with Gasteiger partial charge in [0.25, 0.3) is 5.91 Å². The maximum absolute atomic E-state index is 12.4. The van der Waals surface area contributed by atoms with E-state index in [2.05, 4.69) is 15.6 Å². The van der Waals surface area contributed by atoms with Crippen molar-refractivity contribution in [1.82, 2.24) is 20.3 Å². The fourth-order valence-corrected chi connectivity index (χ4v) is 2.56. The molecule has 124 valence electrons. The Morgan fingerprint density at radius 1 is 1.30 bits per heavy atom. The van der Waals surface area contributed by atoms with Gasteiger partial charge in [-0.05, 0) is 38.5 Å². The predicted molar refractivity (Wildman–Crippen MR) is 88.7 cm³/mol. The van der Waals surface area contributed by atoms with Crippen LogP contribution in [0.15, 0.2) is 24.4 Å². The van der Waals surface area contributed by atoms with Crippen LogP contribution in [-0.2, 0) is 12.1 Å². The monoisotopic (exact) mass is 356 g/mol. The van der Waals surface area contributed by atoms with Crippen LogP contribution in [-0.4, -0.2) is 32.6 Å². The Labute approximate surface area is 144 Å². The highest BCUT2D eigenvalue weighted by Gasteiger charge is 2.27. The third kappa shape index (κ3) is 4.67. The summed E-state index contributed by atoms with van der Waals surface area (Å²) in [5.74, 6) is -0.302. The van der Waals surface area contributed by atoms with Gasteiger partial charge in [0.05, 0.1) is 11.7 Å². The molecule has 0 spiro atoms. The number of benzene rings is 1. The van der Waals surface area contributed by atoms with Gasteiger partial charge < -0.3 is 10.4 Å². The zero-order valence-electron chi connectivity index (χ0n) is 12.9. The van der Waals surface area contributed by atoms with Crippen LogP contribution < -0.4 is 5.32 Å². The molecule has 2 N–H and O–H groups in total. The fourth-order valence-electron chi connectivity index (χ4n) is 2.03. The number of amides is 1. The lowest BCUT2D eigenvalue weighted by Gasteiger charge is -2.23. The summed E-state index contributed by atoms with van der Waals surface area (Å²) in [6.07, 6.45) is 2.34. The van der Waals surface area contributed by atoms with Crippen molar-refractivity contribution in [3.63, 3.8) is 0 Å². The van der Waals surface area contributed by atoms with E-state index >= 15 is 0 Å². The Hall–Kier alpha value is -1.63. The van der Waals surface area contributed by atoms with Crippen LogP contribution >= 0.6 is 23.2 Å². The van der Waals surface area contributed by atoms with Gasteiger partial charge in [-0.15, -0.1) is 5.10 Å². The molecule has 0 saturated heterocycles. The number of aromatic nitrogens is 3. The Balaban J connectivity index is 2.13. The van der Waals surface area contributed by atoms with Crippen molar-refractivity contribution in [3.05, 3.63) is 45.7 Å². The molecule has 0 aliphatic rings. The standard InChI is InChI=1S/C15H18Cl2N4O2/c1-15(2,13-9-21(20-19-13)4-3-5-22)18-14(23)10-6-11(16)8-12(17)7-10/h6-9,22H,3-5H2,1-2H3,(H,18,23). The van der Waals surface area contributed by atoms with Crippen LogP contribution in [0.4, 0.5) is 0 Å².